The Morgan fingerprint density at radius 2 is 1.89 bits per heavy atom. The number of amides is 1. The molecule has 0 N–H and O–H groups in total. The predicted octanol–water partition coefficient (Wildman–Crippen LogP) is 5.12. The highest BCUT2D eigenvalue weighted by Gasteiger charge is 2.24. The summed E-state index contributed by atoms with van der Waals surface area (Å²) in [6.45, 7) is 5.66. The van der Waals surface area contributed by atoms with Gasteiger partial charge in [-0.2, -0.15) is 0 Å². The average Bonchev–Trinajstić information content (AvgIpc) is 2.72. The molecule has 4 nitrogen and oxygen atoms in total. The molecule has 28 heavy (non-hydrogen) atoms. The van der Waals surface area contributed by atoms with Crippen molar-refractivity contribution in [3.63, 3.8) is 0 Å². The van der Waals surface area contributed by atoms with Gasteiger partial charge in [0.25, 0.3) is 5.91 Å². The Kier molecular flexibility index (Phi) is 6.79. The van der Waals surface area contributed by atoms with Crippen LogP contribution in [-0.4, -0.2) is 36.6 Å². The first kappa shape index (κ1) is 20.5. The molecule has 0 spiro atoms. The standard InChI is InChI=1S/C22H25ClFNO3/c1-3-17(8-5-15-6-9-19(24)18(23)13-15)25(4-2)22(26)16-7-10-20-21(14-16)28-12-11-27-20/h6-7,9-10,13-14,17H,3-5,8,11-12H2,1-2H3. The van der Waals surface area contributed by atoms with Crippen LogP contribution >= 0.6 is 11.6 Å². The molecule has 1 amide bonds. The number of hydrogen-bond acceptors (Lipinski definition) is 3. The van der Waals surface area contributed by atoms with Crippen LogP contribution in [0.1, 0.15) is 42.6 Å². The maximum absolute atomic E-state index is 13.4. The summed E-state index contributed by atoms with van der Waals surface area (Å²) in [5.41, 5.74) is 1.56. The topological polar surface area (TPSA) is 38.8 Å². The molecule has 3 rings (SSSR count). The number of ether oxygens (including phenoxy) is 2. The van der Waals surface area contributed by atoms with Crippen LogP contribution in [-0.2, 0) is 6.42 Å². The number of benzene rings is 2. The molecule has 1 aliphatic heterocycles. The minimum atomic E-state index is -0.415. The second kappa shape index (κ2) is 9.28. The molecule has 0 radical (unpaired) electrons. The molecule has 1 heterocycles. The van der Waals surface area contributed by atoms with Crippen molar-refractivity contribution in [2.24, 2.45) is 0 Å². The second-order valence-electron chi connectivity index (χ2n) is 6.80. The number of nitrogens with zero attached hydrogens (tertiary/aromatic N) is 1. The zero-order chi connectivity index (χ0) is 20.1. The number of halogens is 2. The number of fused-ring (bicyclic) bond motifs is 1. The van der Waals surface area contributed by atoms with Crippen molar-refractivity contribution in [3.8, 4) is 11.5 Å². The molecule has 1 aliphatic rings. The normalized spacial score (nSPS) is 13.9. The molecular weight excluding hydrogens is 381 g/mol. The summed E-state index contributed by atoms with van der Waals surface area (Å²) in [5, 5.41) is 0.130. The van der Waals surface area contributed by atoms with E-state index in [4.69, 9.17) is 21.1 Å². The van der Waals surface area contributed by atoms with Crippen molar-refractivity contribution in [2.45, 2.75) is 39.2 Å². The maximum Gasteiger partial charge on any atom is 0.254 e. The van der Waals surface area contributed by atoms with E-state index in [0.29, 0.717) is 36.8 Å². The maximum atomic E-state index is 13.4. The van der Waals surface area contributed by atoms with Crippen LogP contribution in [0.2, 0.25) is 5.02 Å². The molecule has 6 heteroatoms. The highest BCUT2D eigenvalue weighted by molar-refractivity contribution is 6.30. The smallest absolute Gasteiger partial charge is 0.254 e. The predicted molar refractivity (Wildman–Crippen MR) is 108 cm³/mol. The van der Waals surface area contributed by atoms with Gasteiger partial charge < -0.3 is 14.4 Å². The highest BCUT2D eigenvalue weighted by atomic mass is 35.5. The molecule has 0 saturated heterocycles. The summed E-state index contributed by atoms with van der Waals surface area (Å²) in [6, 6.07) is 10.2. The summed E-state index contributed by atoms with van der Waals surface area (Å²) in [6.07, 6.45) is 2.34. The minimum absolute atomic E-state index is 0.0246. The monoisotopic (exact) mass is 405 g/mol. The van der Waals surface area contributed by atoms with Crippen LogP contribution in [0, 0.1) is 5.82 Å². The second-order valence-corrected chi connectivity index (χ2v) is 7.21. The Bertz CT molecular complexity index is 843. The lowest BCUT2D eigenvalue weighted by Crippen LogP contribution is -2.40. The fourth-order valence-corrected chi connectivity index (χ4v) is 3.72. The quantitative estimate of drug-likeness (QED) is 0.641. The van der Waals surface area contributed by atoms with Crippen LogP contribution in [0.3, 0.4) is 0 Å². The molecule has 0 saturated carbocycles. The van der Waals surface area contributed by atoms with Gasteiger partial charge >= 0.3 is 0 Å². The lowest BCUT2D eigenvalue weighted by molar-refractivity contribution is 0.0674. The van der Waals surface area contributed by atoms with Gasteiger partial charge in [-0.3, -0.25) is 4.79 Å². The van der Waals surface area contributed by atoms with E-state index in [2.05, 4.69) is 6.92 Å². The Labute approximate surface area is 170 Å². The van der Waals surface area contributed by atoms with Gasteiger partial charge in [0.15, 0.2) is 11.5 Å². The summed E-state index contributed by atoms with van der Waals surface area (Å²) in [5.74, 6) is 0.845. The fourth-order valence-electron chi connectivity index (χ4n) is 3.52. The SMILES string of the molecule is CCC(CCc1ccc(F)c(Cl)c1)N(CC)C(=O)c1ccc2c(c1)OCCO2. The van der Waals surface area contributed by atoms with E-state index in [1.807, 2.05) is 11.8 Å². The molecule has 0 bridgehead atoms. The van der Waals surface area contributed by atoms with Crippen LogP contribution in [0.15, 0.2) is 36.4 Å². The number of carbonyl (C=O) groups is 1. The van der Waals surface area contributed by atoms with Crippen molar-refractivity contribution in [3.05, 3.63) is 58.4 Å². The summed E-state index contributed by atoms with van der Waals surface area (Å²) < 4.78 is 24.5. The van der Waals surface area contributed by atoms with E-state index >= 15 is 0 Å². The van der Waals surface area contributed by atoms with Crippen molar-refractivity contribution < 1.29 is 18.7 Å². The van der Waals surface area contributed by atoms with Gasteiger partial charge in [-0.05, 0) is 62.1 Å². The molecule has 0 aromatic heterocycles. The summed E-state index contributed by atoms with van der Waals surface area (Å²) in [4.78, 5) is 15.0. The minimum Gasteiger partial charge on any atom is -0.486 e. The molecule has 1 unspecified atom stereocenters. The van der Waals surface area contributed by atoms with Crippen molar-refractivity contribution >= 4 is 17.5 Å². The van der Waals surface area contributed by atoms with Crippen LogP contribution in [0.25, 0.3) is 0 Å². The van der Waals surface area contributed by atoms with E-state index in [1.165, 1.54) is 6.07 Å². The first-order valence-corrected chi connectivity index (χ1v) is 10.1. The van der Waals surface area contributed by atoms with Crippen molar-refractivity contribution in [2.75, 3.05) is 19.8 Å². The zero-order valence-electron chi connectivity index (χ0n) is 16.2. The van der Waals surface area contributed by atoms with E-state index in [-0.39, 0.29) is 17.0 Å². The van der Waals surface area contributed by atoms with Gasteiger partial charge in [0, 0.05) is 18.2 Å². The highest BCUT2D eigenvalue weighted by Crippen LogP contribution is 2.31. The van der Waals surface area contributed by atoms with E-state index in [0.717, 1.165) is 24.8 Å². The Morgan fingerprint density at radius 3 is 2.57 bits per heavy atom. The number of rotatable bonds is 7. The number of hydrogen-bond donors (Lipinski definition) is 0. The van der Waals surface area contributed by atoms with E-state index < -0.39 is 5.82 Å². The molecule has 150 valence electrons. The van der Waals surface area contributed by atoms with Crippen molar-refractivity contribution in [1.29, 1.82) is 0 Å². The zero-order valence-corrected chi connectivity index (χ0v) is 17.0. The van der Waals surface area contributed by atoms with Crippen LogP contribution < -0.4 is 9.47 Å². The van der Waals surface area contributed by atoms with Gasteiger partial charge in [0.05, 0.1) is 5.02 Å². The molecule has 0 fully saturated rings. The molecule has 2 aromatic rings. The number of carbonyl (C=O) groups excluding carboxylic acids is 1. The summed E-state index contributed by atoms with van der Waals surface area (Å²) in [7, 11) is 0. The van der Waals surface area contributed by atoms with Crippen LogP contribution in [0.5, 0.6) is 11.5 Å². The Morgan fingerprint density at radius 1 is 1.14 bits per heavy atom. The third kappa shape index (κ3) is 4.58. The van der Waals surface area contributed by atoms with E-state index in [1.54, 1.807) is 30.3 Å². The molecule has 0 aliphatic carbocycles. The first-order valence-electron chi connectivity index (χ1n) is 9.68. The first-order chi connectivity index (χ1) is 13.5. The van der Waals surface area contributed by atoms with Crippen LogP contribution in [0.4, 0.5) is 4.39 Å². The molecule has 1 atom stereocenters. The fraction of sp³-hybridized carbons (Fsp3) is 0.409. The Balaban J connectivity index is 1.72. The van der Waals surface area contributed by atoms with Gasteiger partial charge in [-0.1, -0.05) is 24.6 Å². The lowest BCUT2D eigenvalue weighted by Gasteiger charge is -2.31. The number of aryl methyl sites for hydroxylation is 1. The van der Waals surface area contributed by atoms with Gasteiger partial charge in [-0.15, -0.1) is 0 Å². The van der Waals surface area contributed by atoms with Crippen molar-refractivity contribution in [1.82, 2.24) is 4.90 Å². The Hall–Kier alpha value is -2.27. The van der Waals surface area contributed by atoms with E-state index in [9.17, 15) is 9.18 Å². The molecule has 2 aromatic carbocycles. The summed E-state index contributed by atoms with van der Waals surface area (Å²) >= 11 is 5.88. The van der Waals surface area contributed by atoms with Gasteiger partial charge in [0.1, 0.15) is 19.0 Å². The average molecular weight is 406 g/mol. The van der Waals surface area contributed by atoms with Gasteiger partial charge in [0.2, 0.25) is 0 Å². The largest absolute Gasteiger partial charge is 0.486 e. The third-order valence-corrected chi connectivity index (χ3v) is 5.34. The lowest BCUT2D eigenvalue weighted by atomic mass is 10.0. The van der Waals surface area contributed by atoms with Gasteiger partial charge in [-0.25, -0.2) is 4.39 Å². The molecular formula is C22H25ClFNO3. The third-order valence-electron chi connectivity index (χ3n) is 5.05.